The smallest absolute Gasteiger partial charge is 0.172 e. The monoisotopic (exact) mass is 148 g/mol. The van der Waals surface area contributed by atoms with Crippen LogP contribution in [0.4, 0.5) is 0 Å². The van der Waals surface area contributed by atoms with Crippen molar-refractivity contribution in [3.05, 3.63) is 0 Å². The first-order chi connectivity index (χ1) is 5.20. The molecule has 0 saturated carbocycles. The maximum absolute atomic E-state index is 8.64. The van der Waals surface area contributed by atoms with E-state index in [0.717, 1.165) is 5.84 Å². The summed E-state index contributed by atoms with van der Waals surface area (Å²) >= 11 is 0. The fourth-order valence-corrected chi connectivity index (χ4v) is 1.03. The normalized spacial score (nSPS) is 29.1. The van der Waals surface area contributed by atoms with E-state index in [-0.39, 0.29) is 0 Å². The van der Waals surface area contributed by atoms with Crippen LogP contribution in [0, 0.1) is 22.7 Å². The lowest BCUT2D eigenvalue weighted by Crippen LogP contribution is -2.33. The van der Waals surface area contributed by atoms with Crippen LogP contribution < -0.4 is 0 Å². The number of likely N-dealkylation sites (N-methyl/N-ethyl adjacent to an activating group) is 1. The molecule has 0 aromatic rings. The molecule has 4 nitrogen and oxygen atoms in total. The van der Waals surface area contributed by atoms with E-state index in [1.165, 1.54) is 0 Å². The molecule has 0 aromatic heterocycles. The molecule has 0 amide bonds. The molecule has 0 aliphatic carbocycles. The van der Waals surface area contributed by atoms with Crippen molar-refractivity contribution in [1.29, 1.82) is 10.5 Å². The molecule has 2 atom stereocenters. The summed E-state index contributed by atoms with van der Waals surface area (Å²) in [5, 5.41) is 17.2. The van der Waals surface area contributed by atoms with Gasteiger partial charge in [0.2, 0.25) is 0 Å². The highest BCUT2D eigenvalue weighted by Crippen LogP contribution is 2.13. The van der Waals surface area contributed by atoms with E-state index in [1.54, 1.807) is 18.9 Å². The van der Waals surface area contributed by atoms with E-state index < -0.39 is 12.1 Å². The van der Waals surface area contributed by atoms with E-state index in [9.17, 15) is 0 Å². The highest BCUT2D eigenvalue weighted by atomic mass is 15.3. The van der Waals surface area contributed by atoms with E-state index in [2.05, 4.69) is 4.99 Å². The standard InChI is InChI=1S/C7H8N4/c1-5-10-6(3-8)7(4-9)11(5)2/h6-7H,1-2H3. The van der Waals surface area contributed by atoms with Crippen molar-refractivity contribution in [3.63, 3.8) is 0 Å². The molecule has 11 heavy (non-hydrogen) atoms. The molecule has 1 aliphatic heterocycles. The molecular formula is C7H8N4. The van der Waals surface area contributed by atoms with Gasteiger partial charge >= 0.3 is 0 Å². The zero-order valence-corrected chi connectivity index (χ0v) is 6.44. The summed E-state index contributed by atoms with van der Waals surface area (Å²) in [6.07, 6.45) is 0. The summed E-state index contributed by atoms with van der Waals surface area (Å²) in [6.45, 7) is 1.79. The summed E-state index contributed by atoms with van der Waals surface area (Å²) in [7, 11) is 1.77. The second kappa shape index (κ2) is 2.59. The van der Waals surface area contributed by atoms with E-state index >= 15 is 0 Å². The van der Waals surface area contributed by atoms with Crippen molar-refractivity contribution < 1.29 is 0 Å². The van der Waals surface area contributed by atoms with Gasteiger partial charge in [-0.15, -0.1) is 0 Å². The van der Waals surface area contributed by atoms with Crippen molar-refractivity contribution in [2.24, 2.45) is 4.99 Å². The highest BCUT2D eigenvalue weighted by Gasteiger charge is 2.31. The van der Waals surface area contributed by atoms with Gasteiger partial charge in [-0.3, -0.25) is 4.99 Å². The van der Waals surface area contributed by atoms with Crippen molar-refractivity contribution in [2.45, 2.75) is 19.0 Å². The number of nitriles is 2. The molecule has 1 heterocycles. The molecule has 0 aromatic carbocycles. The second-order valence-electron chi connectivity index (χ2n) is 2.44. The number of hydrogen-bond donors (Lipinski definition) is 0. The van der Waals surface area contributed by atoms with Crippen LogP contribution in [0.2, 0.25) is 0 Å². The predicted octanol–water partition coefficient (Wildman–Crippen LogP) is 0.135. The lowest BCUT2D eigenvalue weighted by atomic mass is 10.2. The van der Waals surface area contributed by atoms with Crippen LogP contribution in [0.15, 0.2) is 4.99 Å². The van der Waals surface area contributed by atoms with Gasteiger partial charge in [0.15, 0.2) is 12.1 Å². The van der Waals surface area contributed by atoms with Crippen LogP contribution in [0.5, 0.6) is 0 Å². The van der Waals surface area contributed by atoms with Gasteiger partial charge in [0.05, 0.1) is 18.0 Å². The van der Waals surface area contributed by atoms with Crippen molar-refractivity contribution in [1.82, 2.24) is 4.90 Å². The number of nitrogens with zero attached hydrogens (tertiary/aromatic N) is 4. The first kappa shape index (κ1) is 7.56. The number of hydrogen-bond acceptors (Lipinski definition) is 4. The van der Waals surface area contributed by atoms with Gasteiger partial charge in [-0.2, -0.15) is 10.5 Å². The summed E-state index contributed by atoms with van der Waals surface area (Å²) in [5.74, 6) is 0.753. The third-order valence-electron chi connectivity index (χ3n) is 1.82. The van der Waals surface area contributed by atoms with Crippen LogP contribution in [0.1, 0.15) is 6.92 Å². The Morgan fingerprint density at radius 1 is 1.45 bits per heavy atom. The van der Waals surface area contributed by atoms with E-state index in [4.69, 9.17) is 10.5 Å². The van der Waals surface area contributed by atoms with E-state index in [1.807, 2.05) is 12.1 Å². The molecule has 0 saturated heterocycles. The molecule has 2 unspecified atom stereocenters. The van der Waals surface area contributed by atoms with Crippen LogP contribution in [0.3, 0.4) is 0 Å². The quantitative estimate of drug-likeness (QED) is 0.490. The van der Waals surface area contributed by atoms with Crippen molar-refractivity contribution >= 4 is 5.84 Å². The third kappa shape index (κ3) is 1.03. The Balaban J connectivity index is 2.88. The fraction of sp³-hybridized carbons (Fsp3) is 0.571. The van der Waals surface area contributed by atoms with Crippen LogP contribution in [0.25, 0.3) is 0 Å². The average Bonchev–Trinajstić information content (AvgIpc) is 2.28. The summed E-state index contributed by atoms with van der Waals surface area (Å²) < 4.78 is 0. The molecule has 0 bridgehead atoms. The van der Waals surface area contributed by atoms with Gasteiger partial charge in [-0.05, 0) is 6.92 Å². The third-order valence-corrected chi connectivity index (χ3v) is 1.82. The Morgan fingerprint density at radius 3 is 2.45 bits per heavy atom. The molecule has 1 aliphatic rings. The first-order valence-electron chi connectivity index (χ1n) is 3.27. The lowest BCUT2D eigenvalue weighted by Gasteiger charge is -2.15. The average molecular weight is 148 g/mol. The SMILES string of the molecule is CC1=NC(C#N)C(C#N)N1C. The summed E-state index contributed by atoms with van der Waals surface area (Å²) in [5.41, 5.74) is 0. The fourth-order valence-electron chi connectivity index (χ4n) is 1.03. The van der Waals surface area contributed by atoms with Gasteiger partial charge < -0.3 is 4.90 Å². The highest BCUT2D eigenvalue weighted by molar-refractivity contribution is 5.82. The minimum absolute atomic E-state index is 0.403. The topological polar surface area (TPSA) is 63.2 Å². The van der Waals surface area contributed by atoms with Crippen LogP contribution in [-0.4, -0.2) is 29.9 Å². The molecule has 1 rings (SSSR count). The van der Waals surface area contributed by atoms with Crippen molar-refractivity contribution in [3.8, 4) is 12.1 Å². The number of amidine groups is 1. The zero-order chi connectivity index (χ0) is 8.43. The molecule has 4 heteroatoms. The molecule has 0 spiro atoms. The van der Waals surface area contributed by atoms with E-state index in [0.29, 0.717) is 0 Å². The summed E-state index contributed by atoms with van der Waals surface area (Å²) in [6, 6.07) is 3.10. The second-order valence-corrected chi connectivity index (χ2v) is 2.44. The van der Waals surface area contributed by atoms with Gasteiger partial charge in [0.25, 0.3) is 0 Å². The maximum Gasteiger partial charge on any atom is 0.172 e. The molecule has 0 fully saturated rings. The van der Waals surface area contributed by atoms with Gasteiger partial charge in [0, 0.05) is 7.05 Å². The summed E-state index contributed by atoms with van der Waals surface area (Å²) in [4.78, 5) is 5.72. The largest absolute Gasteiger partial charge is 0.345 e. The Hall–Kier alpha value is -1.55. The Morgan fingerprint density at radius 2 is 2.09 bits per heavy atom. The van der Waals surface area contributed by atoms with Crippen LogP contribution >= 0.6 is 0 Å². The maximum atomic E-state index is 8.64. The van der Waals surface area contributed by atoms with Gasteiger partial charge in [0.1, 0.15) is 0 Å². The Kier molecular flexibility index (Phi) is 1.78. The number of aliphatic imine (C=N–C) groups is 1. The molecule has 56 valence electrons. The van der Waals surface area contributed by atoms with Crippen molar-refractivity contribution in [2.75, 3.05) is 7.05 Å². The molecule has 0 N–H and O–H groups in total. The van der Waals surface area contributed by atoms with Gasteiger partial charge in [-0.25, -0.2) is 0 Å². The Labute approximate surface area is 65.4 Å². The minimum Gasteiger partial charge on any atom is -0.345 e. The predicted molar refractivity (Wildman–Crippen MR) is 39.7 cm³/mol. The van der Waals surface area contributed by atoms with Crippen LogP contribution in [-0.2, 0) is 0 Å². The zero-order valence-electron chi connectivity index (χ0n) is 6.44. The number of rotatable bonds is 0. The lowest BCUT2D eigenvalue weighted by molar-refractivity contribution is 0.449. The Bertz CT molecular complexity index is 267. The molecule has 0 radical (unpaired) electrons. The van der Waals surface area contributed by atoms with Gasteiger partial charge in [-0.1, -0.05) is 0 Å². The minimum atomic E-state index is -0.509. The first-order valence-corrected chi connectivity index (χ1v) is 3.27. The molecular weight excluding hydrogens is 140 g/mol.